The minimum absolute atomic E-state index is 0.551. The summed E-state index contributed by atoms with van der Waals surface area (Å²) in [4.78, 5) is 13.3. The Morgan fingerprint density at radius 2 is 1.90 bits per heavy atom. The van der Waals surface area contributed by atoms with Crippen LogP contribution in [-0.4, -0.2) is 21.0 Å². The average molecular weight is 277 g/mol. The van der Waals surface area contributed by atoms with Crippen molar-refractivity contribution in [1.29, 1.82) is 0 Å². The van der Waals surface area contributed by atoms with E-state index in [0.717, 1.165) is 22.4 Å². The summed E-state index contributed by atoms with van der Waals surface area (Å²) in [5.41, 5.74) is 1.81. The lowest BCUT2D eigenvalue weighted by molar-refractivity contribution is 1.10. The van der Waals surface area contributed by atoms with Gasteiger partial charge in [0.25, 0.3) is 0 Å². The molecular weight excluding hydrogens is 262 g/mol. The van der Waals surface area contributed by atoms with Gasteiger partial charge in [-0.05, 0) is 37.1 Å². The van der Waals surface area contributed by atoms with Crippen LogP contribution in [0.5, 0.6) is 0 Å². The maximum Gasteiger partial charge on any atom is 0.229 e. The van der Waals surface area contributed by atoms with Crippen LogP contribution >= 0.6 is 0 Å². The van der Waals surface area contributed by atoms with Crippen molar-refractivity contribution in [3.8, 4) is 0 Å². The summed E-state index contributed by atoms with van der Waals surface area (Å²) in [7, 11) is 0. The maximum absolute atomic E-state index is 4.62. The van der Waals surface area contributed by atoms with E-state index in [2.05, 4.69) is 25.6 Å². The molecule has 1 aromatic carbocycles. The maximum atomic E-state index is 4.62. The third kappa shape index (κ3) is 2.63. The summed E-state index contributed by atoms with van der Waals surface area (Å²) < 4.78 is 0. The number of para-hydroxylation sites is 1. The van der Waals surface area contributed by atoms with Crippen LogP contribution in [0.25, 0.3) is 10.9 Å². The minimum atomic E-state index is 0.551. The molecular formula is C16H15N5. The van der Waals surface area contributed by atoms with Crippen LogP contribution in [0, 0.1) is 0 Å². The average Bonchev–Trinajstić information content (AvgIpc) is 3.32. The summed E-state index contributed by atoms with van der Waals surface area (Å²) in [5.74, 6) is 1.49. The normalized spacial score (nSPS) is 14.1. The summed E-state index contributed by atoms with van der Waals surface area (Å²) in [6, 6.07) is 12.4. The second kappa shape index (κ2) is 5.01. The van der Waals surface area contributed by atoms with Gasteiger partial charge in [-0.3, -0.25) is 4.98 Å². The minimum Gasteiger partial charge on any atom is -0.367 e. The van der Waals surface area contributed by atoms with Gasteiger partial charge in [-0.15, -0.1) is 0 Å². The Balaban J connectivity index is 1.74. The molecule has 2 N–H and O–H groups in total. The van der Waals surface area contributed by atoms with Crippen LogP contribution in [0.4, 0.5) is 17.5 Å². The molecule has 5 nitrogen and oxygen atoms in total. The topological polar surface area (TPSA) is 62.7 Å². The first-order valence-electron chi connectivity index (χ1n) is 7.09. The standard InChI is InChI=1S/C16H15N5/c1-2-6-14-13(5-1)15(18-11-7-8-11)21-16(20-14)19-12-4-3-9-17-10-12/h1-6,9-11H,7-8H2,(H2,18,19,20,21). The summed E-state index contributed by atoms with van der Waals surface area (Å²) in [6.07, 6.45) is 5.92. The van der Waals surface area contributed by atoms with Gasteiger partial charge in [0.2, 0.25) is 5.95 Å². The van der Waals surface area contributed by atoms with Gasteiger partial charge in [-0.2, -0.15) is 4.98 Å². The third-order valence-electron chi connectivity index (χ3n) is 3.44. The predicted octanol–water partition coefficient (Wildman–Crippen LogP) is 3.34. The highest BCUT2D eigenvalue weighted by molar-refractivity contribution is 5.90. The second-order valence-electron chi connectivity index (χ2n) is 5.20. The van der Waals surface area contributed by atoms with Gasteiger partial charge >= 0.3 is 0 Å². The SMILES string of the molecule is c1cncc(Nc2nc(NC3CC3)c3ccccc3n2)c1. The Bertz CT molecular complexity index is 768. The van der Waals surface area contributed by atoms with Crippen LogP contribution in [-0.2, 0) is 0 Å². The number of pyridine rings is 1. The van der Waals surface area contributed by atoms with Crippen LogP contribution in [0.2, 0.25) is 0 Å². The van der Waals surface area contributed by atoms with E-state index in [9.17, 15) is 0 Å². The molecule has 0 radical (unpaired) electrons. The molecule has 2 heterocycles. The van der Waals surface area contributed by atoms with E-state index in [1.807, 2.05) is 36.4 Å². The number of fused-ring (bicyclic) bond motifs is 1. The van der Waals surface area contributed by atoms with E-state index in [4.69, 9.17) is 0 Å². The molecule has 2 aromatic heterocycles. The Hall–Kier alpha value is -2.69. The van der Waals surface area contributed by atoms with Gasteiger partial charge in [0.05, 0.1) is 17.4 Å². The highest BCUT2D eigenvalue weighted by Crippen LogP contribution is 2.29. The molecule has 0 unspecified atom stereocenters. The van der Waals surface area contributed by atoms with E-state index < -0.39 is 0 Å². The summed E-state index contributed by atoms with van der Waals surface area (Å²) in [6.45, 7) is 0. The monoisotopic (exact) mass is 277 g/mol. The van der Waals surface area contributed by atoms with Gasteiger partial charge in [0.1, 0.15) is 5.82 Å². The summed E-state index contributed by atoms with van der Waals surface area (Å²) >= 11 is 0. The van der Waals surface area contributed by atoms with E-state index in [1.165, 1.54) is 12.8 Å². The van der Waals surface area contributed by atoms with E-state index >= 15 is 0 Å². The van der Waals surface area contributed by atoms with E-state index in [-0.39, 0.29) is 0 Å². The number of aromatic nitrogens is 3. The van der Waals surface area contributed by atoms with Crippen molar-refractivity contribution in [3.05, 3.63) is 48.8 Å². The van der Waals surface area contributed by atoms with Crippen molar-refractivity contribution in [2.24, 2.45) is 0 Å². The number of hydrogen-bond acceptors (Lipinski definition) is 5. The molecule has 5 heteroatoms. The largest absolute Gasteiger partial charge is 0.367 e. The Morgan fingerprint density at radius 3 is 2.71 bits per heavy atom. The predicted molar refractivity (Wildman–Crippen MR) is 83.7 cm³/mol. The van der Waals surface area contributed by atoms with Crippen molar-refractivity contribution in [2.75, 3.05) is 10.6 Å². The van der Waals surface area contributed by atoms with Gasteiger partial charge in [-0.1, -0.05) is 12.1 Å². The molecule has 21 heavy (non-hydrogen) atoms. The number of benzene rings is 1. The van der Waals surface area contributed by atoms with Gasteiger partial charge in [-0.25, -0.2) is 4.98 Å². The first-order valence-corrected chi connectivity index (χ1v) is 7.09. The second-order valence-corrected chi connectivity index (χ2v) is 5.20. The third-order valence-corrected chi connectivity index (χ3v) is 3.44. The fourth-order valence-corrected chi connectivity index (χ4v) is 2.23. The number of hydrogen-bond donors (Lipinski definition) is 2. The zero-order chi connectivity index (χ0) is 14.1. The van der Waals surface area contributed by atoms with Crippen LogP contribution in [0.3, 0.4) is 0 Å². The molecule has 0 spiro atoms. The molecule has 1 saturated carbocycles. The lowest BCUT2D eigenvalue weighted by Gasteiger charge is -2.11. The number of nitrogens with zero attached hydrogens (tertiary/aromatic N) is 3. The van der Waals surface area contributed by atoms with Crippen LogP contribution in [0.15, 0.2) is 48.8 Å². The van der Waals surface area contributed by atoms with Crippen molar-refractivity contribution < 1.29 is 0 Å². The molecule has 3 aromatic rings. The van der Waals surface area contributed by atoms with Gasteiger partial charge in [0.15, 0.2) is 0 Å². The van der Waals surface area contributed by atoms with Crippen LogP contribution < -0.4 is 10.6 Å². The fraction of sp³-hybridized carbons (Fsp3) is 0.188. The first-order chi connectivity index (χ1) is 10.4. The molecule has 1 fully saturated rings. The summed E-state index contributed by atoms with van der Waals surface area (Å²) in [5, 5.41) is 7.74. The lowest BCUT2D eigenvalue weighted by atomic mass is 10.2. The number of nitrogens with one attached hydrogen (secondary N) is 2. The van der Waals surface area contributed by atoms with Crippen molar-refractivity contribution in [2.45, 2.75) is 18.9 Å². The Kier molecular flexibility index (Phi) is 2.88. The van der Waals surface area contributed by atoms with Crippen molar-refractivity contribution in [1.82, 2.24) is 15.0 Å². The zero-order valence-electron chi connectivity index (χ0n) is 11.5. The van der Waals surface area contributed by atoms with Crippen LogP contribution in [0.1, 0.15) is 12.8 Å². The van der Waals surface area contributed by atoms with E-state index in [1.54, 1.807) is 12.4 Å². The molecule has 0 aliphatic heterocycles. The Morgan fingerprint density at radius 1 is 1.00 bits per heavy atom. The molecule has 1 aliphatic rings. The highest BCUT2D eigenvalue weighted by atomic mass is 15.2. The highest BCUT2D eigenvalue weighted by Gasteiger charge is 2.22. The smallest absolute Gasteiger partial charge is 0.229 e. The van der Waals surface area contributed by atoms with Gasteiger partial charge in [0, 0.05) is 17.6 Å². The number of anilines is 3. The molecule has 4 rings (SSSR count). The van der Waals surface area contributed by atoms with Crippen molar-refractivity contribution >= 4 is 28.4 Å². The molecule has 0 atom stereocenters. The number of rotatable bonds is 4. The van der Waals surface area contributed by atoms with Gasteiger partial charge < -0.3 is 10.6 Å². The lowest BCUT2D eigenvalue weighted by Crippen LogP contribution is -2.07. The Labute approximate surface area is 122 Å². The molecule has 0 saturated heterocycles. The molecule has 104 valence electrons. The zero-order valence-corrected chi connectivity index (χ0v) is 11.5. The molecule has 0 amide bonds. The molecule has 1 aliphatic carbocycles. The first kappa shape index (κ1) is 12.1. The van der Waals surface area contributed by atoms with Crippen molar-refractivity contribution in [3.63, 3.8) is 0 Å². The van der Waals surface area contributed by atoms with E-state index in [0.29, 0.717) is 12.0 Å². The fourth-order valence-electron chi connectivity index (χ4n) is 2.23. The molecule has 0 bridgehead atoms. The quantitative estimate of drug-likeness (QED) is 0.765.